The number of nitrogens with one attached hydrogen (secondary N) is 3. The summed E-state index contributed by atoms with van der Waals surface area (Å²) >= 11 is 5.79. The number of sulfonamides is 1. The van der Waals surface area contributed by atoms with Gasteiger partial charge in [0.25, 0.3) is 10.0 Å². The van der Waals surface area contributed by atoms with E-state index in [0.717, 1.165) is 22.7 Å². The van der Waals surface area contributed by atoms with Gasteiger partial charge in [-0.15, -0.1) is 0 Å². The highest BCUT2D eigenvalue weighted by molar-refractivity contribution is 7.93. The zero-order valence-corrected chi connectivity index (χ0v) is 15.8. The van der Waals surface area contributed by atoms with Gasteiger partial charge in [-0.1, -0.05) is 23.7 Å². The summed E-state index contributed by atoms with van der Waals surface area (Å²) in [6, 6.07) is 6.41. The Labute approximate surface area is 158 Å². The summed E-state index contributed by atoms with van der Waals surface area (Å²) < 4.78 is 46.9. The van der Waals surface area contributed by atoms with Crippen molar-refractivity contribution in [3.63, 3.8) is 0 Å². The van der Waals surface area contributed by atoms with Gasteiger partial charge in [-0.05, 0) is 13.0 Å². The van der Waals surface area contributed by atoms with Crippen molar-refractivity contribution in [1.29, 1.82) is 0 Å². The Bertz CT molecular complexity index is 1300. The van der Waals surface area contributed by atoms with Crippen molar-refractivity contribution >= 4 is 49.2 Å². The molecule has 0 atom stereocenters. The number of ether oxygens (including phenoxy) is 1. The van der Waals surface area contributed by atoms with E-state index in [9.17, 15) is 12.8 Å². The third kappa shape index (κ3) is 2.88. The average Bonchev–Trinajstić information content (AvgIpc) is 3.19. The molecule has 4 aromatic rings. The van der Waals surface area contributed by atoms with Gasteiger partial charge in [0.2, 0.25) is 5.88 Å². The van der Waals surface area contributed by atoms with E-state index in [-0.39, 0.29) is 15.8 Å². The zero-order chi connectivity index (χ0) is 19.3. The molecule has 140 valence electrons. The SMILES string of the molecule is COc1nc(NS(=O)(=O)c2c[nH]c3c2ccc2cc(C)[nH]c23)c(F)cc1Cl. The summed E-state index contributed by atoms with van der Waals surface area (Å²) in [6.45, 7) is 1.91. The van der Waals surface area contributed by atoms with Crippen LogP contribution in [-0.4, -0.2) is 30.5 Å². The maximum atomic E-state index is 14.1. The Morgan fingerprint density at radius 3 is 2.78 bits per heavy atom. The predicted molar refractivity (Wildman–Crippen MR) is 101 cm³/mol. The Kier molecular flexibility index (Phi) is 4.01. The molecule has 0 amide bonds. The van der Waals surface area contributed by atoms with Crippen LogP contribution in [0.5, 0.6) is 5.88 Å². The molecular weight excluding hydrogens is 395 g/mol. The number of pyridine rings is 1. The Balaban J connectivity index is 1.82. The molecule has 0 radical (unpaired) electrons. The van der Waals surface area contributed by atoms with E-state index in [0.29, 0.717) is 10.9 Å². The van der Waals surface area contributed by atoms with Crippen LogP contribution in [-0.2, 0) is 10.0 Å². The summed E-state index contributed by atoms with van der Waals surface area (Å²) in [7, 11) is -2.82. The molecule has 0 spiro atoms. The molecule has 10 heteroatoms. The van der Waals surface area contributed by atoms with Gasteiger partial charge in [0, 0.05) is 28.7 Å². The second kappa shape index (κ2) is 6.14. The Hall–Kier alpha value is -2.78. The van der Waals surface area contributed by atoms with E-state index >= 15 is 0 Å². The molecule has 0 saturated heterocycles. The Morgan fingerprint density at radius 1 is 1.26 bits per heavy atom. The minimum atomic E-state index is -4.12. The van der Waals surface area contributed by atoms with Crippen molar-refractivity contribution in [2.45, 2.75) is 11.8 Å². The van der Waals surface area contributed by atoms with Gasteiger partial charge in [-0.2, -0.15) is 4.98 Å². The number of hydrogen-bond acceptors (Lipinski definition) is 4. The largest absolute Gasteiger partial charge is 0.480 e. The molecule has 0 unspecified atom stereocenters. The first-order valence-electron chi connectivity index (χ1n) is 7.82. The lowest BCUT2D eigenvalue weighted by molar-refractivity contribution is 0.397. The van der Waals surface area contributed by atoms with Crippen LogP contribution in [0, 0.1) is 12.7 Å². The van der Waals surface area contributed by atoms with Crippen LogP contribution in [0.2, 0.25) is 5.02 Å². The molecule has 0 aliphatic heterocycles. The lowest BCUT2D eigenvalue weighted by Gasteiger charge is -2.10. The molecule has 0 aliphatic carbocycles. The molecule has 3 aromatic heterocycles. The van der Waals surface area contributed by atoms with E-state index in [1.165, 1.54) is 13.3 Å². The molecular formula is C17H14ClFN4O3S. The fourth-order valence-corrected chi connectivity index (χ4v) is 4.38. The van der Waals surface area contributed by atoms with Crippen LogP contribution in [0.25, 0.3) is 21.8 Å². The van der Waals surface area contributed by atoms with Crippen molar-refractivity contribution in [3.05, 3.63) is 47.0 Å². The number of methoxy groups -OCH3 is 1. The molecule has 0 saturated carbocycles. The molecule has 4 rings (SSSR count). The van der Waals surface area contributed by atoms with E-state index in [4.69, 9.17) is 16.3 Å². The Morgan fingerprint density at radius 2 is 2.04 bits per heavy atom. The molecule has 3 N–H and O–H groups in total. The van der Waals surface area contributed by atoms with Gasteiger partial charge in [-0.3, -0.25) is 4.72 Å². The quantitative estimate of drug-likeness (QED) is 0.476. The molecule has 7 nitrogen and oxygen atoms in total. The molecule has 0 bridgehead atoms. The number of aromatic amines is 2. The first-order chi connectivity index (χ1) is 12.8. The highest BCUT2D eigenvalue weighted by Crippen LogP contribution is 2.32. The molecule has 1 aromatic carbocycles. The van der Waals surface area contributed by atoms with Gasteiger partial charge in [0.15, 0.2) is 11.6 Å². The number of fused-ring (bicyclic) bond motifs is 3. The maximum absolute atomic E-state index is 14.1. The summed E-state index contributed by atoms with van der Waals surface area (Å²) in [6.07, 6.45) is 1.35. The monoisotopic (exact) mass is 408 g/mol. The highest BCUT2D eigenvalue weighted by Gasteiger charge is 2.23. The van der Waals surface area contributed by atoms with Crippen LogP contribution in [0.3, 0.4) is 0 Å². The van der Waals surface area contributed by atoms with Crippen molar-refractivity contribution in [2.75, 3.05) is 11.8 Å². The smallest absolute Gasteiger partial charge is 0.265 e. The van der Waals surface area contributed by atoms with E-state index in [1.807, 2.05) is 19.1 Å². The van der Waals surface area contributed by atoms with Gasteiger partial charge in [0.05, 0.1) is 18.1 Å². The molecule has 3 heterocycles. The number of H-pyrrole nitrogens is 2. The van der Waals surface area contributed by atoms with Crippen LogP contribution < -0.4 is 9.46 Å². The number of anilines is 1. The van der Waals surface area contributed by atoms with Crippen LogP contribution in [0.1, 0.15) is 5.69 Å². The third-order valence-corrected chi connectivity index (χ3v) is 5.81. The summed E-state index contributed by atoms with van der Waals surface area (Å²) in [5, 5.41) is 1.36. The third-order valence-electron chi connectivity index (χ3n) is 4.16. The van der Waals surface area contributed by atoms with Crippen LogP contribution in [0.4, 0.5) is 10.2 Å². The zero-order valence-electron chi connectivity index (χ0n) is 14.2. The number of nitrogens with zero attached hydrogens (tertiary/aromatic N) is 1. The van der Waals surface area contributed by atoms with Crippen molar-refractivity contribution in [3.8, 4) is 5.88 Å². The van der Waals surface area contributed by atoms with Crippen molar-refractivity contribution in [1.82, 2.24) is 15.0 Å². The van der Waals surface area contributed by atoms with Gasteiger partial charge in [0.1, 0.15) is 9.92 Å². The minimum Gasteiger partial charge on any atom is -0.480 e. The molecule has 27 heavy (non-hydrogen) atoms. The average molecular weight is 409 g/mol. The van der Waals surface area contributed by atoms with Crippen molar-refractivity contribution < 1.29 is 17.5 Å². The fraction of sp³-hybridized carbons (Fsp3) is 0.118. The standard InChI is InChI=1S/C17H14ClFN4O3S/c1-8-5-9-3-4-10-13(7-20-15(10)14(9)21-8)27(24,25)23-16-12(19)6-11(18)17(22-16)26-2/h3-7,20-21H,1-2H3,(H,22,23). The first kappa shape index (κ1) is 17.6. The lowest BCUT2D eigenvalue weighted by Crippen LogP contribution is -2.15. The lowest BCUT2D eigenvalue weighted by atomic mass is 10.2. The first-order valence-corrected chi connectivity index (χ1v) is 9.68. The van der Waals surface area contributed by atoms with E-state index in [1.54, 1.807) is 6.07 Å². The minimum absolute atomic E-state index is 0.0261. The van der Waals surface area contributed by atoms with Gasteiger partial charge >= 0.3 is 0 Å². The van der Waals surface area contributed by atoms with E-state index < -0.39 is 21.7 Å². The summed E-state index contributed by atoms with van der Waals surface area (Å²) in [5.41, 5.74) is 2.39. The second-order valence-electron chi connectivity index (χ2n) is 5.97. The van der Waals surface area contributed by atoms with Crippen molar-refractivity contribution in [2.24, 2.45) is 0 Å². The number of halogens is 2. The number of aromatic nitrogens is 3. The predicted octanol–water partition coefficient (Wildman–Crippen LogP) is 3.95. The second-order valence-corrected chi connectivity index (χ2v) is 8.03. The maximum Gasteiger partial charge on any atom is 0.265 e. The number of hydrogen-bond donors (Lipinski definition) is 3. The topological polar surface area (TPSA) is 99.9 Å². The van der Waals surface area contributed by atoms with Crippen LogP contribution in [0.15, 0.2) is 35.4 Å². The highest BCUT2D eigenvalue weighted by atomic mass is 35.5. The summed E-state index contributed by atoms with van der Waals surface area (Å²) in [5.74, 6) is -1.49. The number of rotatable bonds is 4. The molecule has 0 aliphatic rings. The van der Waals surface area contributed by atoms with Gasteiger partial charge in [-0.25, -0.2) is 12.8 Å². The fourth-order valence-electron chi connectivity index (χ4n) is 2.98. The van der Waals surface area contributed by atoms with Gasteiger partial charge < -0.3 is 14.7 Å². The molecule has 0 fully saturated rings. The van der Waals surface area contributed by atoms with E-state index in [2.05, 4.69) is 19.7 Å². The number of aryl methyl sites for hydroxylation is 1. The van der Waals surface area contributed by atoms with Crippen LogP contribution >= 0.6 is 11.6 Å². The normalized spacial score (nSPS) is 12.0. The number of benzene rings is 1. The summed E-state index contributed by atoms with van der Waals surface area (Å²) in [4.78, 5) is 9.93.